The molecule has 2 rings (SSSR count). The molecule has 2 N–H and O–H groups in total. The summed E-state index contributed by atoms with van der Waals surface area (Å²) in [5.41, 5.74) is 2.51. The molecule has 0 bridgehead atoms. The average molecular weight is 321 g/mol. The summed E-state index contributed by atoms with van der Waals surface area (Å²) in [6.07, 6.45) is 1.06. The maximum Gasteiger partial charge on any atom is 0.314 e. The lowest BCUT2D eigenvalue weighted by Gasteiger charge is -2.18. The summed E-state index contributed by atoms with van der Waals surface area (Å²) < 4.78 is 14.0. The molecule has 5 heteroatoms. The second-order valence-electron chi connectivity index (χ2n) is 6.88. The molecule has 0 unspecified atom stereocenters. The maximum atomic E-state index is 14.0. The Morgan fingerprint density at radius 3 is 2.83 bits per heavy atom. The van der Waals surface area contributed by atoms with Crippen molar-refractivity contribution in [3.63, 3.8) is 0 Å². The Balaban J connectivity index is 1.82. The van der Waals surface area contributed by atoms with Gasteiger partial charge in [0.25, 0.3) is 0 Å². The molecule has 1 saturated heterocycles. The van der Waals surface area contributed by atoms with Crippen LogP contribution in [0.15, 0.2) is 12.1 Å². The SMILES string of the molecule is Cc1ccc(CN2CC[C@@H](CNC(=O)NC(C)C)C2)c(C)c1F. The van der Waals surface area contributed by atoms with Gasteiger partial charge in [-0.15, -0.1) is 0 Å². The molecule has 1 aromatic rings. The Morgan fingerprint density at radius 1 is 1.39 bits per heavy atom. The molecule has 1 aliphatic heterocycles. The zero-order valence-electron chi connectivity index (χ0n) is 14.6. The van der Waals surface area contributed by atoms with Crippen LogP contribution < -0.4 is 10.6 Å². The second-order valence-corrected chi connectivity index (χ2v) is 6.88. The van der Waals surface area contributed by atoms with Crippen molar-refractivity contribution in [1.29, 1.82) is 0 Å². The number of hydrogen-bond donors (Lipinski definition) is 2. The minimum Gasteiger partial charge on any atom is -0.338 e. The molecule has 128 valence electrons. The van der Waals surface area contributed by atoms with Crippen LogP contribution >= 0.6 is 0 Å². The van der Waals surface area contributed by atoms with E-state index in [1.165, 1.54) is 0 Å². The molecule has 1 atom stereocenters. The van der Waals surface area contributed by atoms with Gasteiger partial charge in [-0.2, -0.15) is 0 Å². The van der Waals surface area contributed by atoms with E-state index < -0.39 is 0 Å². The smallest absolute Gasteiger partial charge is 0.314 e. The van der Waals surface area contributed by atoms with E-state index in [1.54, 1.807) is 6.92 Å². The van der Waals surface area contributed by atoms with Crippen LogP contribution in [-0.4, -0.2) is 36.6 Å². The number of aryl methyl sites for hydroxylation is 1. The minimum absolute atomic E-state index is 0.0923. The van der Waals surface area contributed by atoms with Gasteiger partial charge in [0.2, 0.25) is 0 Å². The van der Waals surface area contributed by atoms with Gasteiger partial charge < -0.3 is 10.6 Å². The number of carbonyl (C=O) groups excluding carboxylic acids is 1. The first-order chi connectivity index (χ1) is 10.9. The lowest BCUT2D eigenvalue weighted by atomic mass is 10.0. The van der Waals surface area contributed by atoms with Crippen LogP contribution in [0, 0.1) is 25.6 Å². The fourth-order valence-electron chi connectivity index (χ4n) is 3.05. The van der Waals surface area contributed by atoms with Crippen LogP contribution in [0.1, 0.15) is 37.0 Å². The fourth-order valence-corrected chi connectivity index (χ4v) is 3.05. The summed E-state index contributed by atoms with van der Waals surface area (Å²) >= 11 is 0. The minimum atomic E-state index is -0.102. The number of amides is 2. The van der Waals surface area contributed by atoms with Gasteiger partial charge in [0, 0.05) is 25.7 Å². The molecular formula is C18H28FN3O. The standard InChI is InChI=1S/C18H28FN3O/c1-12(2)21-18(23)20-9-15-7-8-22(10-15)11-16-6-5-13(3)17(19)14(16)4/h5-6,12,15H,7-11H2,1-4H3,(H2,20,21,23)/t15-/m0/s1. The highest BCUT2D eigenvalue weighted by atomic mass is 19.1. The third kappa shape index (κ3) is 4.93. The lowest BCUT2D eigenvalue weighted by Crippen LogP contribution is -2.41. The van der Waals surface area contributed by atoms with E-state index in [0.717, 1.165) is 37.2 Å². The van der Waals surface area contributed by atoms with Crippen LogP contribution in [0.3, 0.4) is 0 Å². The lowest BCUT2D eigenvalue weighted by molar-refractivity contribution is 0.236. The first kappa shape index (κ1) is 17.7. The van der Waals surface area contributed by atoms with Crippen molar-refractivity contribution in [2.45, 2.75) is 46.7 Å². The number of likely N-dealkylation sites (tertiary alicyclic amines) is 1. The Morgan fingerprint density at radius 2 is 2.13 bits per heavy atom. The molecule has 0 radical (unpaired) electrons. The van der Waals surface area contributed by atoms with E-state index in [1.807, 2.05) is 32.9 Å². The predicted octanol–water partition coefficient (Wildman–Crippen LogP) is 2.97. The van der Waals surface area contributed by atoms with E-state index in [9.17, 15) is 9.18 Å². The Bertz CT molecular complexity index is 559. The number of halogens is 1. The molecule has 0 aromatic heterocycles. The molecule has 0 spiro atoms. The Kier molecular flexibility index (Phi) is 5.99. The number of urea groups is 1. The highest BCUT2D eigenvalue weighted by molar-refractivity contribution is 5.74. The monoisotopic (exact) mass is 321 g/mol. The average Bonchev–Trinajstić information content (AvgIpc) is 2.93. The number of carbonyl (C=O) groups is 1. The van der Waals surface area contributed by atoms with Crippen LogP contribution in [0.25, 0.3) is 0 Å². The van der Waals surface area contributed by atoms with E-state index in [0.29, 0.717) is 18.0 Å². The maximum absolute atomic E-state index is 14.0. The second kappa shape index (κ2) is 7.77. The van der Waals surface area contributed by atoms with E-state index in [-0.39, 0.29) is 17.9 Å². The summed E-state index contributed by atoms with van der Waals surface area (Å²) in [4.78, 5) is 14.0. The third-order valence-corrected chi connectivity index (χ3v) is 4.43. The predicted molar refractivity (Wildman–Crippen MR) is 90.9 cm³/mol. The van der Waals surface area contributed by atoms with Gasteiger partial charge in [0.1, 0.15) is 5.82 Å². The number of rotatable bonds is 5. The highest BCUT2D eigenvalue weighted by Gasteiger charge is 2.23. The fraction of sp³-hybridized carbons (Fsp3) is 0.611. The summed E-state index contributed by atoms with van der Waals surface area (Å²) in [7, 11) is 0. The zero-order valence-corrected chi connectivity index (χ0v) is 14.6. The van der Waals surface area contributed by atoms with Crippen molar-refractivity contribution < 1.29 is 9.18 Å². The summed E-state index contributed by atoms with van der Waals surface area (Å²) in [5, 5.41) is 5.76. The number of nitrogens with zero attached hydrogens (tertiary/aromatic N) is 1. The Labute approximate surface area is 138 Å². The largest absolute Gasteiger partial charge is 0.338 e. The van der Waals surface area contributed by atoms with Crippen LogP contribution in [0.2, 0.25) is 0 Å². The zero-order chi connectivity index (χ0) is 17.0. The van der Waals surface area contributed by atoms with Gasteiger partial charge in [-0.3, -0.25) is 4.90 Å². The summed E-state index contributed by atoms with van der Waals surface area (Å²) in [5.74, 6) is 0.369. The molecular weight excluding hydrogens is 293 g/mol. The summed E-state index contributed by atoms with van der Waals surface area (Å²) in [6.45, 7) is 10.9. The number of benzene rings is 1. The highest BCUT2D eigenvalue weighted by Crippen LogP contribution is 2.22. The van der Waals surface area contributed by atoms with Crippen molar-refractivity contribution >= 4 is 6.03 Å². The number of nitrogens with one attached hydrogen (secondary N) is 2. The first-order valence-electron chi connectivity index (χ1n) is 8.38. The molecule has 0 aliphatic carbocycles. The molecule has 1 aromatic carbocycles. The molecule has 23 heavy (non-hydrogen) atoms. The van der Waals surface area contributed by atoms with Crippen LogP contribution in [0.4, 0.5) is 9.18 Å². The van der Waals surface area contributed by atoms with Crippen molar-refractivity contribution in [3.8, 4) is 0 Å². The molecule has 1 aliphatic rings. The van der Waals surface area contributed by atoms with E-state index in [4.69, 9.17) is 0 Å². The van der Waals surface area contributed by atoms with Crippen molar-refractivity contribution in [1.82, 2.24) is 15.5 Å². The molecule has 2 amide bonds. The van der Waals surface area contributed by atoms with Crippen molar-refractivity contribution in [2.24, 2.45) is 5.92 Å². The third-order valence-electron chi connectivity index (χ3n) is 4.43. The topological polar surface area (TPSA) is 44.4 Å². The molecule has 0 saturated carbocycles. The number of hydrogen-bond acceptors (Lipinski definition) is 2. The van der Waals surface area contributed by atoms with Gasteiger partial charge in [0.15, 0.2) is 0 Å². The van der Waals surface area contributed by atoms with Gasteiger partial charge in [0.05, 0.1) is 0 Å². The molecule has 1 heterocycles. The van der Waals surface area contributed by atoms with Crippen LogP contribution in [-0.2, 0) is 6.54 Å². The van der Waals surface area contributed by atoms with Gasteiger partial charge >= 0.3 is 6.03 Å². The molecule has 1 fully saturated rings. The first-order valence-corrected chi connectivity index (χ1v) is 8.38. The van der Waals surface area contributed by atoms with Crippen molar-refractivity contribution in [3.05, 3.63) is 34.6 Å². The van der Waals surface area contributed by atoms with Gasteiger partial charge in [-0.1, -0.05) is 12.1 Å². The van der Waals surface area contributed by atoms with E-state index in [2.05, 4.69) is 15.5 Å². The quantitative estimate of drug-likeness (QED) is 0.876. The Hall–Kier alpha value is -1.62. The normalized spacial score (nSPS) is 18.4. The van der Waals surface area contributed by atoms with E-state index >= 15 is 0 Å². The summed E-state index contributed by atoms with van der Waals surface area (Å²) in [6, 6.07) is 3.92. The van der Waals surface area contributed by atoms with Gasteiger partial charge in [-0.25, -0.2) is 9.18 Å². The van der Waals surface area contributed by atoms with Crippen molar-refractivity contribution in [2.75, 3.05) is 19.6 Å². The van der Waals surface area contributed by atoms with Crippen LogP contribution in [0.5, 0.6) is 0 Å². The molecule has 4 nitrogen and oxygen atoms in total. The van der Waals surface area contributed by atoms with Gasteiger partial charge in [-0.05, 0) is 63.3 Å².